The van der Waals surface area contributed by atoms with Crippen LogP contribution in [0.3, 0.4) is 0 Å². The van der Waals surface area contributed by atoms with E-state index in [1.54, 1.807) is 16.9 Å². The van der Waals surface area contributed by atoms with Crippen molar-refractivity contribution in [3.63, 3.8) is 0 Å². The molecule has 96 valence electrons. The van der Waals surface area contributed by atoms with E-state index in [2.05, 4.69) is 15.1 Å². The molecule has 0 aliphatic heterocycles. The fourth-order valence-electron chi connectivity index (χ4n) is 1.85. The summed E-state index contributed by atoms with van der Waals surface area (Å²) >= 11 is 0. The van der Waals surface area contributed by atoms with Crippen LogP contribution in [0, 0.1) is 0 Å². The molecule has 0 saturated carbocycles. The molecule has 5 nitrogen and oxygen atoms in total. The summed E-state index contributed by atoms with van der Waals surface area (Å²) in [5.74, 6) is 0.614. The molecular formula is C14H14N4O. The van der Waals surface area contributed by atoms with Crippen molar-refractivity contribution < 1.29 is 4.74 Å². The first kappa shape index (κ1) is 11.6. The van der Waals surface area contributed by atoms with Crippen molar-refractivity contribution in [2.45, 2.75) is 20.0 Å². The van der Waals surface area contributed by atoms with E-state index in [0.29, 0.717) is 5.88 Å². The van der Waals surface area contributed by atoms with E-state index in [1.807, 2.05) is 44.3 Å². The normalized spacial score (nSPS) is 11.1. The van der Waals surface area contributed by atoms with E-state index in [4.69, 9.17) is 4.74 Å². The molecule has 3 aromatic rings. The number of rotatable bonds is 3. The second-order valence-corrected chi connectivity index (χ2v) is 4.50. The lowest BCUT2D eigenvalue weighted by atomic mass is 10.2. The van der Waals surface area contributed by atoms with Crippen LogP contribution < -0.4 is 4.74 Å². The fourth-order valence-corrected chi connectivity index (χ4v) is 1.85. The van der Waals surface area contributed by atoms with Crippen LogP contribution in [0.25, 0.3) is 16.9 Å². The van der Waals surface area contributed by atoms with Gasteiger partial charge in [0.15, 0.2) is 5.65 Å². The molecule has 19 heavy (non-hydrogen) atoms. The Hall–Kier alpha value is -2.43. The van der Waals surface area contributed by atoms with E-state index in [0.717, 1.165) is 16.9 Å². The summed E-state index contributed by atoms with van der Waals surface area (Å²) in [5, 5.41) is 4.13. The van der Waals surface area contributed by atoms with Crippen LogP contribution in [0.4, 0.5) is 0 Å². The maximum atomic E-state index is 5.59. The molecule has 3 aromatic heterocycles. The van der Waals surface area contributed by atoms with Gasteiger partial charge in [-0.3, -0.25) is 0 Å². The Kier molecular flexibility index (Phi) is 2.87. The SMILES string of the molecule is CC(C)Oc1cc(-c2ccn3nccc3n2)ccn1. The minimum atomic E-state index is 0.105. The van der Waals surface area contributed by atoms with E-state index in [1.165, 1.54) is 0 Å². The first-order chi connectivity index (χ1) is 9.22. The molecule has 0 unspecified atom stereocenters. The Morgan fingerprint density at radius 1 is 1.16 bits per heavy atom. The van der Waals surface area contributed by atoms with Gasteiger partial charge in [0.2, 0.25) is 5.88 Å². The highest BCUT2D eigenvalue weighted by Crippen LogP contribution is 2.21. The predicted molar refractivity (Wildman–Crippen MR) is 72.0 cm³/mol. The lowest BCUT2D eigenvalue weighted by Gasteiger charge is -2.09. The summed E-state index contributed by atoms with van der Waals surface area (Å²) in [6.07, 6.45) is 5.45. The number of aromatic nitrogens is 4. The van der Waals surface area contributed by atoms with Crippen LogP contribution in [0.15, 0.2) is 42.9 Å². The Labute approximate surface area is 110 Å². The highest BCUT2D eigenvalue weighted by atomic mass is 16.5. The topological polar surface area (TPSA) is 52.3 Å². The second-order valence-electron chi connectivity index (χ2n) is 4.50. The van der Waals surface area contributed by atoms with Crippen molar-refractivity contribution in [2.24, 2.45) is 0 Å². The molecule has 3 rings (SSSR count). The first-order valence-corrected chi connectivity index (χ1v) is 6.16. The zero-order chi connectivity index (χ0) is 13.2. The standard InChI is InChI=1S/C14H14N4O/c1-10(2)19-14-9-11(3-6-15-14)12-5-8-18-13(17-12)4-7-16-18/h3-10H,1-2H3. The molecule has 5 heteroatoms. The van der Waals surface area contributed by atoms with E-state index < -0.39 is 0 Å². The molecule has 0 spiro atoms. The summed E-state index contributed by atoms with van der Waals surface area (Å²) in [4.78, 5) is 8.73. The Morgan fingerprint density at radius 2 is 2.05 bits per heavy atom. The molecule has 0 fully saturated rings. The summed E-state index contributed by atoms with van der Waals surface area (Å²) in [6.45, 7) is 3.95. The van der Waals surface area contributed by atoms with Crippen molar-refractivity contribution in [3.8, 4) is 17.1 Å². The van der Waals surface area contributed by atoms with E-state index in [-0.39, 0.29) is 6.10 Å². The van der Waals surface area contributed by atoms with Crippen LogP contribution in [0.2, 0.25) is 0 Å². The van der Waals surface area contributed by atoms with Gasteiger partial charge in [-0.05, 0) is 26.0 Å². The first-order valence-electron chi connectivity index (χ1n) is 6.16. The third-order valence-electron chi connectivity index (χ3n) is 2.65. The maximum absolute atomic E-state index is 5.59. The van der Waals surface area contributed by atoms with Gasteiger partial charge in [0.1, 0.15) is 0 Å². The van der Waals surface area contributed by atoms with Gasteiger partial charge < -0.3 is 4.74 Å². The largest absolute Gasteiger partial charge is 0.475 e. The monoisotopic (exact) mass is 254 g/mol. The zero-order valence-corrected chi connectivity index (χ0v) is 10.8. The molecule has 0 aromatic carbocycles. The predicted octanol–water partition coefficient (Wildman–Crippen LogP) is 2.58. The molecule has 3 heterocycles. The van der Waals surface area contributed by atoms with Crippen LogP contribution in [-0.4, -0.2) is 25.7 Å². The van der Waals surface area contributed by atoms with Gasteiger partial charge >= 0.3 is 0 Å². The Morgan fingerprint density at radius 3 is 2.89 bits per heavy atom. The molecule has 0 aliphatic rings. The smallest absolute Gasteiger partial charge is 0.214 e. The van der Waals surface area contributed by atoms with Gasteiger partial charge in [-0.2, -0.15) is 5.10 Å². The fraction of sp³-hybridized carbons (Fsp3) is 0.214. The van der Waals surface area contributed by atoms with Gasteiger partial charge in [-0.25, -0.2) is 14.5 Å². The summed E-state index contributed by atoms with van der Waals surface area (Å²) in [5.41, 5.74) is 2.68. The Balaban J connectivity index is 2.00. The van der Waals surface area contributed by atoms with Gasteiger partial charge in [0.25, 0.3) is 0 Å². The molecule has 0 aliphatic carbocycles. The molecule has 0 N–H and O–H groups in total. The van der Waals surface area contributed by atoms with Crippen molar-refractivity contribution >= 4 is 5.65 Å². The van der Waals surface area contributed by atoms with Gasteiger partial charge in [0, 0.05) is 30.1 Å². The van der Waals surface area contributed by atoms with Crippen LogP contribution >= 0.6 is 0 Å². The third kappa shape index (κ3) is 2.40. The lowest BCUT2D eigenvalue weighted by molar-refractivity contribution is 0.233. The number of hydrogen-bond acceptors (Lipinski definition) is 4. The maximum Gasteiger partial charge on any atom is 0.214 e. The van der Waals surface area contributed by atoms with Gasteiger partial charge in [-0.15, -0.1) is 0 Å². The van der Waals surface area contributed by atoms with Crippen molar-refractivity contribution in [2.75, 3.05) is 0 Å². The third-order valence-corrected chi connectivity index (χ3v) is 2.65. The summed E-state index contributed by atoms with van der Waals surface area (Å²) in [7, 11) is 0. The number of fused-ring (bicyclic) bond motifs is 1. The molecule has 0 atom stereocenters. The van der Waals surface area contributed by atoms with Crippen molar-refractivity contribution in [1.29, 1.82) is 0 Å². The average molecular weight is 254 g/mol. The minimum absolute atomic E-state index is 0.105. The van der Waals surface area contributed by atoms with Gasteiger partial charge in [-0.1, -0.05) is 0 Å². The van der Waals surface area contributed by atoms with E-state index in [9.17, 15) is 0 Å². The summed E-state index contributed by atoms with van der Waals surface area (Å²) in [6, 6.07) is 7.61. The molecule has 0 bridgehead atoms. The molecule has 0 radical (unpaired) electrons. The number of pyridine rings is 1. The molecule has 0 amide bonds. The summed E-state index contributed by atoms with van der Waals surface area (Å²) < 4.78 is 7.32. The zero-order valence-electron chi connectivity index (χ0n) is 10.8. The van der Waals surface area contributed by atoms with Crippen molar-refractivity contribution in [1.82, 2.24) is 19.6 Å². The average Bonchev–Trinajstić information content (AvgIpc) is 2.85. The number of ether oxygens (including phenoxy) is 1. The van der Waals surface area contributed by atoms with Crippen molar-refractivity contribution in [3.05, 3.63) is 42.9 Å². The van der Waals surface area contributed by atoms with Crippen LogP contribution in [-0.2, 0) is 0 Å². The molecule has 0 saturated heterocycles. The van der Waals surface area contributed by atoms with Crippen LogP contribution in [0.1, 0.15) is 13.8 Å². The highest BCUT2D eigenvalue weighted by Gasteiger charge is 2.05. The number of hydrogen-bond donors (Lipinski definition) is 0. The van der Waals surface area contributed by atoms with Gasteiger partial charge in [0.05, 0.1) is 18.0 Å². The lowest BCUT2D eigenvalue weighted by Crippen LogP contribution is -2.06. The Bertz CT molecular complexity index is 705. The van der Waals surface area contributed by atoms with Crippen LogP contribution in [0.5, 0.6) is 5.88 Å². The molecular weight excluding hydrogens is 240 g/mol. The highest BCUT2D eigenvalue weighted by molar-refractivity contribution is 5.61. The minimum Gasteiger partial charge on any atom is -0.475 e. The quantitative estimate of drug-likeness (QED) is 0.721. The van der Waals surface area contributed by atoms with E-state index >= 15 is 0 Å². The second kappa shape index (κ2) is 4.68. The number of nitrogens with zero attached hydrogens (tertiary/aromatic N) is 4.